The molecule has 1 atom stereocenters. The number of nitrogens with zero attached hydrogens (tertiary/aromatic N) is 2. The summed E-state index contributed by atoms with van der Waals surface area (Å²) in [7, 11) is 3.14. The topological polar surface area (TPSA) is 86.8 Å². The zero-order valence-corrected chi connectivity index (χ0v) is 16.8. The van der Waals surface area contributed by atoms with E-state index in [2.05, 4.69) is 4.57 Å². The average molecular weight is 385 g/mol. The Kier molecular flexibility index (Phi) is 5.63. The first-order chi connectivity index (χ1) is 13.3. The van der Waals surface area contributed by atoms with E-state index in [0.29, 0.717) is 37.4 Å². The van der Waals surface area contributed by atoms with Crippen molar-refractivity contribution in [1.29, 1.82) is 0 Å². The second-order valence-corrected chi connectivity index (χ2v) is 7.14. The number of hydrogen-bond donors (Lipinski definition) is 1. The van der Waals surface area contributed by atoms with Gasteiger partial charge in [-0.3, -0.25) is 9.59 Å². The van der Waals surface area contributed by atoms with Gasteiger partial charge in [0.05, 0.1) is 14.2 Å². The molecule has 2 heterocycles. The van der Waals surface area contributed by atoms with Crippen molar-refractivity contribution in [3.05, 3.63) is 46.8 Å². The number of fused-ring (bicyclic) bond motifs is 1. The third-order valence-electron chi connectivity index (χ3n) is 5.45. The molecule has 0 spiro atoms. The summed E-state index contributed by atoms with van der Waals surface area (Å²) in [6, 6.07) is 7.13. The van der Waals surface area contributed by atoms with Gasteiger partial charge in [0.25, 0.3) is 0 Å². The summed E-state index contributed by atoms with van der Waals surface area (Å²) >= 11 is 0. The molecular formula is C21H27N3O4. The smallest absolute Gasteiger partial charge is 0.240 e. The molecule has 150 valence electrons. The summed E-state index contributed by atoms with van der Waals surface area (Å²) in [6.07, 6.45) is 0.682. The van der Waals surface area contributed by atoms with E-state index in [1.165, 1.54) is 0 Å². The van der Waals surface area contributed by atoms with Crippen molar-refractivity contribution in [3.63, 3.8) is 0 Å². The van der Waals surface area contributed by atoms with Crippen LogP contribution in [0.1, 0.15) is 28.9 Å². The van der Waals surface area contributed by atoms with Crippen molar-refractivity contribution in [1.82, 2.24) is 9.47 Å². The van der Waals surface area contributed by atoms with Crippen LogP contribution in [-0.2, 0) is 29.1 Å². The van der Waals surface area contributed by atoms with Gasteiger partial charge in [0.2, 0.25) is 11.8 Å². The van der Waals surface area contributed by atoms with Crippen molar-refractivity contribution < 1.29 is 19.1 Å². The number of carbonyl (C=O) groups is 2. The molecule has 0 radical (unpaired) electrons. The molecule has 3 rings (SSSR count). The van der Waals surface area contributed by atoms with Gasteiger partial charge in [-0.2, -0.15) is 0 Å². The molecule has 0 bridgehead atoms. The fourth-order valence-electron chi connectivity index (χ4n) is 3.83. The van der Waals surface area contributed by atoms with Gasteiger partial charge in [-0.25, -0.2) is 0 Å². The van der Waals surface area contributed by atoms with Crippen molar-refractivity contribution in [2.75, 3.05) is 14.2 Å². The molecule has 2 N–H and O–H groups in total. The first-order valence-corrected chi connectivity index (χ1v) is 9.31. The summed E-state index contributed by atoms with van der Waals surface area (Å²) < 4.78 is 12.8. The number of aryl methyl sites for hydroxylation is 2. The highest BCUT2D eigenvalue weighted by atomic mass is 16.5. The van der Waals surface area contributed by atoms with Gasteiger partial charge >= 0.3 is 0 Å². The Hall–Kier alpha value is -2.96. The van der Waals surface area contributed by atoms with Crippen LogP contribution in [0.25, 0.3) is 0 Å². The number of rotatable bonds is 6. The van der Waals surface area contributed by atoms with E-state index < -0.39 is 11.9 Å². The highest BCUT2D eigenvalue weighted by molar-refractivity contribution is 5.87. The molecule has 7 heteroatoms. The molecule has 0 unspecified atom stereocenters. The number of amides is 2. The van der Waals surface area contributed by atoms with Crippen LogP contribution in [0.3, 0.4) is 0 Å². The largest absolute Gasteiger partial charge is 0.493 e. The minimum atomic E-state index is -0.662. The van der Waals surface area contributed by atoms with Crippen LogP contribution < -0.4 is 15.2 Å². The number of methoxy groups -OCH3 is 2. The number of hydrogen-bond acceptors (Lipinski definition) is 4. The summed E-state index contributed by atoms with van der Waals surface area (Å²) in [5, 5.41) is 0. The van der Waals surface area contributed by atoms with E-state index in [1.807, 2.05) is 38.1 Å². The number of nitrogens with two attached hydrogens (primary N) is 1. The lowest BCUT2D eigenvalue weighted by atomic mass is 9.92. The average Bonchev–Trinajstić information content (AvgIpc) is 3.01. The summed E-state index contributed by atoms with van der Waals surface area (Å²) in [5.74, 6) is 0.617. The number of primary amides is 1. The van der Waals surface area contributed by atoms with E-state index in [1.54, 1.807) is 19.1 Å². The van der Waals surface area contributed by atoms with Gasteiger partial charge in [0.15, 0.2) is 11.5 Å². The second kappa shape index (κ2) is 7.96. The quantitative estimate of drug-likeness (QED) is 0.823. The molecular weight excluding hydrogens is 358 g/mol. The third kappa shape index (κ3) is 3.69. The molecule has 1 aromatic carbocycles. The minimum absolute atomic E-state index is 0.0864. The molecule has 1 aromatic heterocycles. The standard InChI is InChI=1S/C21H27N3O4/c1-13-5-6-14(2)23(13)8-7-20(25)24-12-16-11-19(28-4)18(27-3)10-15(16)9-17(24)21(22)26/h5-6,10-11,17H,7-9,12H2,1-4H3,(H2,22,26)/t17-/m0/s1. The molecule has 2 aromatic rings. The van der Waals surface area contributed by atoms with Crippen LogP contribution in [0.15, 0.2) is 24.3 Å². The fourth-order valence-corrected chi connectivity index (χ4v) is 3.83. The normalized spacial score (nSPS) is 15.9. The first kappa shape index (κ1) is 19.8. The maximum atomic E-state index is 13.0. The first-order valence-electron chi connectivity index (χ1n) is 9.31. The van der Waals surface area contributed by atoms with Crippen LogP contribution in [0.5, 0.6) is 11.5 Å². The van der Waals surface area contributed by atoms with Crippen LogP contribution in [0, 0.1) is 13.8 Å². The van der Waals surface area contributed by atoms with Crippen LogP contribution >= 0.6 is 0 Å². The van der Waals surface area contributed by atoms with Gasteiger partial charge < -0.3 is 24.7 Å². The molecule has 1 aliphatic heterocycles. The van der Waals surface area contributed by atoms with Gasteiger partial charge in [-0.15, -0.1) is 0 Å². The van der Waals surface area contributed by atoms with E-state index in [4.69, 9.17) is 15.2 Å². The SMILES string of the molecule is COc1cc2c(cc1OC)CN(C(=O)CCn1c(C)ccc1C)[C@H](C(N)=O)C2. The lowest BCUT2D eigenvalue weighted by molar-refractivity contribution is -0.140. The Morgan fingerprint density at radius 1 is 1.07 bits per heavy atom. The molecule has 0 aliphatic carbocycles. The molecule has 0 saturated carbocycles. The Morgan fingerprint density at radius 2 is 1.64 bits per heavy atom. The molecule has 28 heavy (non-hydrogen) atoms. The number of ether oxygens (including phenoxy) is 2. The Balaban J connectivity index is 1.83. The fraction of sp³-hybridized carbons (Fsp3) is 0.429. The monoisotopic (exact) mass is 385 g/mol. The minimum Gasteiger partial charge on any atom is -0.493 e. The molecule has 7 nitrogen and oxygen atoms in total. The van der Waals surface area contributed by atoms with Crippen LogP contribution in [0.2, 0.25) is 0 Å². The lowest BCUT2D eigenvalue weighted by Gasteiger charge is -2.35. The van der Waals surface area contributed by atoms with Gasteiger partial charge in [0, 0.05) is 37.3 Å². The van der Waals surface area contributed by atoms with Crippen LogP contribution in [0.4, 0.5) is 0 Å². The van der Waals surface area contributed by atoms with E-state index >= 15 is 0 Å². The van der Waals surface area contributed by atoms with Crippen molar-refractivity contribution >= 4 is 11.8 Å². The molecule has 0 saturated heterocycles. The molecule has 1 aliphatic rings. The molecule has 2 amide bonds. The van der Waals surface area contributed by atoms with Crippen molar-refractivity contribution in [2.45, 2.75) is 45.8 Å². The van der Waals surface area contributed by atoms with Gasteiger partial charge in [0.1, 0.15) is 6.04 Å². The van der Waals surface area contributed by atoms with E-state index in [0.717, 1.165) is 22.5 Å². The maximum absolute atomic E-state index is 13.0. The highest BCUT2D eigenvalue weighted by Gasteiger charge is 2.34. The third-order valence-corrected chi connectivity index (χ3v) is 5.45. The Labute approximate surface area is 165 Å². The predicted molar refractivity (Wildman–Crippen MR) is 105 cm³/mol. The van der Waals surface area contributed by atoms with Gasteiger partial charge in [-0.05, 0) is 49.2 Å². The zero-order valence-electron chi connectivity index (χ0n) is 16.8. The number of carbonyl (C=O) groups excluding carboxylic acids is 2. The predicted octanol–water partition coefficient (Wildman–Crippen LogP) is 1.95. The van der Waals surface area contributed by atoms with Gasteiger partial charge in [-0.1, -0.05) is 0 Å². The summed E-state index contributed by atoms with van der Waals surface area (Å²) in [4.78, 5) is 26.6. The zero-order chi connectivity index (χ0) is 20.4. The lowest BCUT2D eigenvalue weighted by Crippen LogP contribution is -2.51. The molecule has 0 fully saturated rings. The number of benzene rings is 1. The highest BCUT2D eigenvalue weighted by Crippen LogP contribution is 2.35. The Bertz CT molecular complexity index is 884. The van der Waals surface area contributed by atoms with Crippen molar-refractivity contribution in [2.24, 2.45) is 5.73 Å². The second-order valence-electron chi connectivity index (χ2n) is 7.14. The Morgan fingerprint density at radius 3 is 2.18 bits per heavy atom. The van der Waals surface area contributed by atoms with Crippen LogP contribution in [-0.4, -0.2) is 41.5 Å². The number of aromatic nitrogens is 1. The van der Waals surface area contributed by atoms with E-state index in [9.17, 15) is 9.59 Å². The maximum Gasteiger partial charge on any atom is 0.240 e. The van der Waals surface area contributed by atoms with Crippen molar-refractivity contribution in [3.8, 4) is 11.5 Å². The summed E-state index contributed by atoms with van der Waals surface area (Å²) in [6.45, 7) is 4.93. The van der Waals surface area contributed by atoms with E-state index in [-0.39, 0.29) is 5.91 Å². The summed E-state index contributed by atoms with van der Waals surface area (Å²) in [5.41, 5.74) is 9.73.